The van der Waals surface area contributed by atoms with E-state index in [1.807, 2.05) is 12.1 Å². The van der Waals surface area contributed by atoms with Gasteiger partial charge >= 0.3 is 5.97 Å². The largest absolute Gasteiger partial charge is 0.458 e. The molecule has 35 heavy (non-hydrogen) atoms. The third-order valence-corrected chi connectivity index (χ3v) is 7.35. The second-order valence-electron chi connectivity index (χ2n) is 9.89. The first-order valence-corrected chi connectivity index (χ1v) is 12.7. The highest BCUT2D eigenvalue weighted by atomic mass is 16.5. The number of aryl methyl sites for hydroxylation is 1. The second-order valence-corrected chi connectivity index (χ2v) is 9.89. The summed E-state index contributed by atoms with van der Waals surface area (Å²) in [5.74, 6) is 1.12. The van der Waals surface area contributed by atoms with Crippen LogP contribution in [0.15, 0.2) is 73.3 Å². The number of hydrogen-bond donors (Lipinski definition) is 1. The van der Waals surface area contributed by atoms with Crippen molar-refractivity contribution in [2.45, 2.75) is 58.5 Å². The van der Waals surface area contributed by atoms with Crippen molar-refractivity contribution in [1.29, 1.82) is 0 Å². The molecule has 0 unspecified atom stereocenters. The number of esters is 1. The van der Waals surface area contributed by atoms with E-state index >= 15 is 0 Å². The lowest BCUT2D eigenvalue weighted by molar-refractivity contribution is -0.138. The summed E-state index contributed by atoms with van der Waals surface area (Å²) in [6, 6.07) is 21.8. The molecule has 1 fully saturated rings. The van der Waals surface area contributed by atoms with E-state index in [0.717, 1.165) is 28.2 Å². The second kappa shape index (κ2) is 11.5. The molecule has 0 aliphatic heterocycles. The molecule has 0 aromatic heterocycles. The van der Waals surface area contributed by atoms with E-state index in [1.165, 1.54) is 54.0 Å². The minimum Gasteiger partial charge on any atom is -0.458 e. The molecule has 182 valence electrons. The maximum absolute atomic E-state index is 11.7. The Morgan fingerprint density at radius 1 is 0.971 bits per heavy atom. The Hall–Kier alpha value is -3.17. The summed E-state index contributed by atoms with van der Waals surface area (Å²) in [5.41, 5.74) is 9.19. The van der Waals surface area contributed by atoms with E-state index in [4.69, 9.17) is 4.74 Å². The van der Waals surface area contributed by atoms with E-state index in [2.05, 4.69) is 69.0 Å². The summed E-state index contributed by atoms with van der Waals surface area (Å²) < 4.78 is 5.34. The van der Waals surface area contributed by atoms with Gasteiger partial charge in [0.25, 0.3) is 0 Å². The molecule has 1 N–H and O–H groups in total. The van der Waals surface area contributed by atoms with Crippen molar-refractivity contribution in [3.05, 3.63) is 95.6 Å². The van der Waals surface area contributed by atoms with Crippen molar-refractivity contribution >= 4 is 5.97 Å². The highest BCUT2D eigenvalue weighted by Gasteiger charge is 2.19. The average molecular weight is 469 g/mol. The maximum Gasteiger partial charge on any atom is 0.330 e. The Labute approximate surface area is 209 Å². The van der Waals surface area contributed by atoms with Crippen LogP contribution in [-0.2, 0) is 22.6 Å². The zero-order valence-electron chi connectivity index (χ0n) is 20.9. The predicted octanol–water partition coefficient (Wildman–Crippen LogP) is 7.39. The van der Waals surface area contributed by atoms with Gasteiger partial charge in [0.15, 0.2) is 0 Å². The Kier molecular flexibility index (Phi) is 8.20. The molecule has 3 nitrogen and oxygen atoms in total. The van der Waals surface area contributed by atoms with Gasteiger partial charge in [0.1, 0.15) is 6.61 Å². The average Bonchev–Trinajstić information content (AvgIpc) is 2.88. The third kappa shape index (κ3) is 6.10. The minimum absolute atomic E-state index is 0.0810. The van der Waals surface area contributed by atoms with Gasteiger partial charge in [0.2, 0.25) is 0 Å². The van der Waals surface area contributed by atoms with Crippen LogP contribution in [0, 0.1) is 12.8 Å². The monoisotopic (exact) mass is 468 g/mol. The first-order chi connectivity index (χ1) is 17.0. The van der Waals surface area contributed by atoms with Crippen LogP contribution in [0.5, 0.6) is 0 Å². The van der Waals surface area contributed by atoms with Crippen molar-refractivity contribution in [1.82, 2.24) is 0 Å². The normalized spacial score (nSPS) is 17.7. The van der Waals surface area contributed by atoms with Crippen LogP contribution in [0.1, 0.15) is 60.8 Å². The molecule has 0 saturated heterocycles. The fraction of sp³-hybridized carbons (Fsp3) is 0.344. The lowest BCUT2D eigenvalue weighted by Gasteiger charge is -2.26. The highest BCUT2D eigenvalue weighted by Crippen LogP contribution is 2.37. The summed E-state index contributed by atoms with van der Waals surface area (Å²) in [4.78, 5) is 11.7. The zero-order chi connectivity index (χ0) is 24.8. The summed E-state index contributed by atoms with van der Waals surface area (Å²) in [6.45, 7) is 8.24. The molecule has 0 bridgehead atoms. The fourth-order valence-electron chi connectivity index (χ4n) is 5.22. The lowest BCUT2D eigenvalue weighted by atomic mass is 9.79. The van der Waals surface area contributed by atoms with Crippen LogP contribution in [0.3, 0.4) is 0 Å². The number of ether oxygens (including phenoxy) is 1. The SMILES string of the molecule is C=CC(=O)OCc1cc(CCO)ccc1-c1ccc(-c2ccc(C3CCC(C)CC3)cc2)c(C)c1. The lowest BCUT2D eigenvalue weighted by Crippen LogP contribution is -2.10. The Balaban J connectivity index is 1.58. The van der Waals surface area contributed by atoms with Crippen molar-refractivity contribution in [3.8, 4) is 22.3 Å². The molecule has 4 rings (SSSR count). The molecule has 3 aromatic rings. The van der Waals surface area contributed by atoms with Gasteiger partial charge in [-0.3, -0.25) is 0 Å². The molecule has 3 aromatic carbocycles. The summed E-state index contributed by atoms with van der Waals surface area (Å²) in [7, 11) is 0. The first kappa shape index (κ1) is 24.9. The molecule has 1 saturated carbocycles. The predicted molar refractivity (Wildman–Crippen MR) is 143 cm³/mol. The Morgan fingerprint density at radius 2 is 1.66 bits per heavy atom. The Bertz CT molecular complexity index is 1170. The van der Waals surface area contributed by atoms with Gasteiger partial charge in [0.05, 0.1) is 0 Å². The number of aliphatic hydroxyl groups excluding tert-OH is 1. The number of rotatable bonds is 8. The van der Waals surface area contributed by atoms with E-state index in [1.54, 1.807) is 0 Å². The third-order valence-electron chi connectivity index (χ3n) is 7.35. The smallest absolute Gasteiger partial charge is 0.330 e. The van der Waals surface area contributed by atoms with E-state index in [9.17, 15) is 9.90 Å². The Morgan fingerprint density at radius 3 is 2.31 bits per heavy atom. The van der Waals surface area contributed by atoms with Crippen LogP contribution in [-0.4, -0.2) is 17.7 Å². The molecule has 0 radical (unpaired) electrons. The number of carbonyl (C=O) groups is 1. The maximum atomic E-state index is 11.7. The summed E-state index contributed by atoms with van der Waals surface area (Å²) in [5, 5.41) is 9.33. The van der Waals surface area contributed by atoms with Gasteiger partial charge in [-0.2, -0.15) is 0 Å². The number of aliphatic hydroxyl groups is 1. The van der Waals surface area contributed by atoms with Crippen molar-refractivity contribution in [3.63, 3.8) is 0 Å². The van der Waals surface area contributed by atoms with Crippen LogP contribution >= 0.6 is 0 Å². The van der Waals surface area contributed by atoms with Crippen molar-refractivity contribution in [2.24, 2.45) is 5.92 Å². The van der Waals surface area contributed by atoms with Crippen LogP contribution < -0.4 is 0 Å². The van der Waals surface area contributed by atoms with Gasteiger partial charge in [-0.05, 0) is 82.5 Å². The number of hydrogen-bond acceptors (Lipinski definition) is 3. The number of benzene rings is 3. The van der Waals surface area contributed by atoms with Gasteiger partial charge in [-0.1, -0.05) is 87.0 Å². The van der Waals surface area contributed by atoms with E-state index in [-0.39, 0.29) is 13.2 Å². The van der Waals surface area contributed by atoms with Gasteiger partial charge in [-0.15, -0.1) is 0 Å². The van der Waals surface area contributed by atoms with Crippen LogP contribution in [0.25, 0.3) is 22.3 Å². The minimum atomic E-state index is -0.443. The standard InChI is InChI=1S/C32H36O3/c1-4-32(34)35-21-29-20-24(17-18-33)7-15-31(29)28-14-16-30(23(3)19-28)27-12-10-26(11-13-27)25-8-5-22(2)6-9-25/h4,7,10-16,19-20,22,25,33H,1,5-6,8-9,17-18,21H2,2-3H3. The van der Waals surface area contributed by atoms with Gasteiger partial charge in [-0.25, -0.2) is 4.79 Å². The van der Waals surface area contributed by atoms with E-state index in [0.29, 0.717) is 12.3 Å². The van der Waals surface area contributed by atoms with Crippen molar-refractivity contribution in [2.75, 3.05) is 6.61 Å². The zero-order valence-corrected chi connectivity index (χ0v) is 20.9. The fourth-order valence-corrected chi connectivity index (χ4v) is 5.22. The summed E-state index contributed by atoms with van der Waals surface area (Å²) in [6.07, 6.45) is 7.02. The molecule has 3 heteroatoms. The van der Waals surface area contributed by atoms with Gasteiger partial charge < -0.3 is 9.84 Å². The topological polar surface area (TPSA) is 46.5 Å². The highest BCUT2D eigenvalue weighted by molar-refractivity contribution is 5.81. The van der Waals surface area contributed by atoms with Crippen LogP contribution in [0.2, 0.25) is 0 Å². The summed E-state index contributed by atoms with van der Waals surface area (Å²) >= 11 is 0. The molecule has 0 amide bonds. The number of carbonyl (C=O) groups excluding carboxylic acids is 1. The molecular weight excluding hydrogens is 432 g/mol. The van der Waals surface area contributed by atoms with Gasteiger partial charge in [0, 0.05) is 12.7 Å². The molecule has 1 aliphatic carbocycles. The molecule has 1 aliphatic rings. The first-order valence-electron chi connectivity index (χ1n) is 12.7. The quantitative estimate of drug-likeness (QED) is 0.277. The molecular formula is C32H36O3. The van der Waals surface area contributed by atoms with Crippen LogP contribution in [0.4, 0.5) is 0 Å². The molecule has 0 atom stereocenters. The van der Waals surface area contributed by atoms with E-state index < -0.39 is 5.97 Å². The van der Waals surface area contributed by atoms with Crippen molar-refractivity contribution < 1.29 is 14.6 Å². The molecule has 0 heterocycles. The molecule has 0 spiro atoms.